The van der Waals surface area contributed by atoms with Gasteiger partial charge in [-0.3, -0.25) is 4.79 Å². The van der Waals surface area contributed by atoms with Crippen LogP contribution in [0.25, 0.3) is 10.9 Å². The van der Waals surface area contributed by atoms with Crippen molar-refractivity contribution in [3.63, 3.8) is 0 Å². The molecule has 2 heterocycles. The molecule has 2 N–H and O–H groups in total. The fourth-order valence-electron chi connectivity index (χ4n) is 5.62. The summed E-state index contributed by atoms with van der Waals surface area (Å²) in [5.74, 6) is 0.222. The second-order valence-corrected chi connectivity index (χ2v) is 9.64. The SMILES string of the molecule is N#CCCCn1c(CN2C(=O)C3(CC(CNC(=O)O)C3)c3ccccc32)cc2cc(Cl)ccc21. The molecule has 2 amide bonds. The molecule has 0 saturated heterocycles. The Morgan fingerprint density at radius 1 is 1.24 bits per heavy atom. The molecular formula is C26H25ClN4O3. The summed E-state index contributed by atoms with van der Waals surface area (Å²) < 4.78 is 2.18. The summed E-state index contributed by atoms with van der Waals surface area (Å²) in [5.41, 5.74) is 3.41. The number of nitrogens with one attached hydrogen (secondary N) is 1. The first-order valence-corrected chi connectivity index (χ1v) is 11.8. The Labute approximate surface area is 202 Å². The molecule has 0 unspecified atom stereocenters. The number of hydrogen-bond acceptors (Lipinski definition) is 3. The predicted molar refractivity (Wildman–Crippen MR) is 130 cm³/mol. The highest BCUT2D eigenvalue weighted by Gasteiger charge is 2.58. The average Bonchev–Trinajstić information content (AvgIpc) is 3.24. The first-order valence-electron chi connectivity index (χ1n) is 11.5. The molecule has 3 aromatic rings. The average molecular weight is 477 g/mol. The van der Waals surface area contributed by atoms with E-state index < -0.39 is 11.5 Å². The van der Waals surface area contributed by atoms with Crippen LogP contribution in [0, 0.1) is 17.2 Å². The van der Waals surface area contributed by atoms with Crippen LogP contribution in [0.15, 0.2) is 48.5 Å². The lowest BCUT2D eigenvalue weighted by Crippen LogP contribution is -2.52. The van der Waals surface area contributed by atoms with Gasteiger partial charge >= 0.3 is 6.09 Å². The minimum Gasteiger partial charge on any atom is -0.465 e. The molecule has 1 aliphatic heterocycles. The quantitative estimate of drug-likeness (QED) is 0.465. The molecule has 0 atom stereocenters. The van der Waals surface area contributed by atoms with Gasteiger partial charge in [0.15, 0.2) is 0 Å². The molecule has 2 aliphatic rings. The van der Waals surface area contributed by atoms with Crippen LogP contribution < -0.4 is 10.2 Å². The molecule has 8 heteroatoms. The maximum atomic E-state index is 13.8. The number of para-hydroxylation sites is 1. The Morgan fingerprint density at radius 3 is 2.79 bits per heavy atom. The monoisotopic (exact) mass is 476 g/mol. The first kappa shape index (κ1) is 22.3. The number of rotatable bonds is 7. The minimum atomic E-state index is -1.04. The summed E-state index contributed by atoms with van der Waals surface area (Å²) in [6.45, 7) is 1.47. The van der Waals surface area contributed by atoms with Crippen LogP contribution >= 0.6 is 11.6 Å². The van der Waals surface area contributed by atoms with Gasteiger partial charge in [-0.2, -0.15) is 5.26 Å². The molecular weight excluding hydrogens is 452 g/mol. The maximum Gasteiger partial charge on any atom is 0.404 e. The van der Waals surface area contributed by atoms with Gasteiger partial charge in [0.05, 0.1) is 18.0 Å². The van der Waals surface area contributed by atoms with Crippen LogP contribution in [-0.2, 0) is 23.3 Å². The van der Waals surface area contributed by atoms with E-state index in [9.17, 15) is 9.59 Å². The number of halogens is 1. The van der Waals surface area contributed by atoms with Gasteiger partial charge in [0.25, 0.3) is 0 Å². The van der Waals surface area contributed by atoms with Crippen LogP contribution in [0.3, 0.4) is 0 Å². The first-order chi connectivity index (χ1) is 16.4. The lowest BCUT2D eigenvalue weighted by Gasteiger charge is -2.44. The third kappa shape index (κ3) is 3.68. The number of benzene rings is 2. The number of aryl methyl sites for hydroxylation is 1. The van der Waals surface area contributed by atoms with Crippen molar-refractivity contribution < 1.29 is 14.7 Å². The van der Waals surface area contributed by atoms with E-state index in [0.717, 1.165) is 34.3 Å². The predicted octanol–water partition coefficient (Wildman–Crippen LogP) is 5.06. The standard InChI is InChI=1S/C26H25ClN4O3/c27-19-7-8-22-18(11-19)12-20(30(22)10-4-3-9-28)16-31-23-6-2-1-5-21(23)26(24(31)32)13-17(14-26)15-29-25(33)34/h1-2,5-8,11-12,17,29H,3-4,10,13-16H2,(H,33,34). The van der Waals surface area contributed by atoms with Gasteiger partial charge in [-0.15, -0.1) is 0 Å². The fourth-order valence-corrected chi connectivity index (χ4v) is 5.80. The highest BCUT2D eigenvalue weighted by Crippen LogP contribution is 2.56. The van der Waals surface area contributed by atoms with Gasteiger partial charge in [0.1, 0.15) is 0 Å². The third-order valence-electron chi connectivity index (χ3n) is 7.12. The summed E-state index contributed by atoms with van der Waals surface area (Å²) in [7, 11) is 0. The molecule has 5 rings (SSSR count). The van der Waals surface area contributed by atoms with Crippen molar-refractivity contribution >= 4 is 40.2 Å². The third-order valence-corrected chi connectivity index (χ3v) is 7.36. The number of carbonyl (C=O) groups excluding carboxylic acids is 1. The zero-order chi connectivity index (χ0) is 23.9. The molecule has 34 heavy (non-hydrogen) atoms. The molecule has 0 radical (unpaired) electrons. The number of unbranched alkanes of at least 4 members (excludes halogenated alkanes) is 1. The smallest absolute Gasteiger partial charge is 0.404 e. The van der Waals surface area contributed by atoms with Crippen LogP contribution in [0.2, 0.25) is 5.02 Å². The van der Waals surface area contributed by atoms with Gasteiger partial charge in [-0.1, -0.05) is 29.8 Å². The van der Waals surface area contributed by atoms with Crippen molar-refractivity contribution in [1.82, 2.24) is 9.88 Å². The zero-order valence-corrected chi connectivity index (χ0v) is 19.4. The topological polar surface area (TPSA) is 98.4 Å². The van der Waals surface area contributed by atoms with Gasteiger partial charge in [0, 0.05) is 46.8 Å². The number of nitriles is 1. The highest BCUT2D eigenvalue weighted by molar-refractivity contribution is 6.31. The van der Waals surface area contributed by atoms with E-state index in [1.807, 2.05) is 47.4 Å². The number of amides is 2. The summed E-state index contributed by atoms with van der Waals surface area (Å²) in [6, 6.07) is 18.0. The van der Waals surface area contributed by atoms with E-state index in [4.69, 9.17) is 22.0 Å². The molecule has 0 bridgehead atoms. The van der Waals surface area contributed by atoms with Gasteiger partial charge in [-0.25, -0.2) is 4.79 Å². The van der Waals surface area contributed by atoms with Crippen LogP contribution in [0.1, 0.15) is 36.9 Å². The summed E-state index contributed by atoms with van der Waals surface area (Å²) in [6.07, 6.45) is 1.43. The van der Waals surface area contributed by atoms with E-state index in [1.165, 1.54) is 0 Å². The molecule has 1 fully saturated rings. The van der Waals surface area contributed by atoms with Crippen LogP contribution in [0.5, 0.6) is 0 Å². The summed E-state index contributed by atoms with van der Waals surface area (Å²) in [4.78, 5) is 26.6. The van der Waals surface area contributed by atoms with Crippen molar-refractivity contribution in [1.29, 1.82) is 5.26 Å². The van der Waals surface area contributed by atoms with Crippen molar-refractivity contribution in [2.24, 2.45) is 5.92 Å². The number of hydrogen-bond donors (Lipinski definition) is 2. The number of carbonyl (C=O) groups is 2. The molecule has 1 aromatic heterocycles. The van der Waals surface area contributed by atoms with E-state index in [1.54, 1.807) is 0 Å². The minimum absolute atomic E-state index is 0.0761. The molecule has 1 spiro atoms. The Hall–Kier alpha value is -3.50. The van der Waals surface area contributed by atoms with Crippen molar-refractivity contribution in [3.05, 3.63) is 64.8 Å². The van der Waals surface area contributed by atoms with Crippen LogP contribution in [-0.4, -0.2) is 28.2 Å². The molecule has 7 nitrogen and oxygen atoms in total. The second-order valence-electron chi connectivity index (χ2n) is 9.20. The van der Waals surface area contributed by atoms with E-state index in [0.29, 0.717) is 43.9 Å². The number of aromatic nitrogens is 1. The second kappa shape index (κ2) is 8.69. The van der Waals surface area contributed by atoms with Crippen molar-refractivity contribution in [2.45, 2.75) is 44.2 Å². The Bertz CT molecular complexity index is 1320. The number of fused-ring (bicyclic) bond motifs is 3. The van der Waals surface area contributed by atoms with Crippen molar-refractivity contribution in [3.8, 4) is 6.07 Å². The molecule has 1 aliphatic carbocycles. The number of nitrogens with zero attached hydrogens (tertiary/aromatic N) is 3. The molecule has 2 aromatic carbocycles. The number of carboxylic acid groups (broad SMARTS) is 1. The largest absolute Gasteiger partial charge is 0.465 e. The highest BCUT2D eigenvalue weighted by atomic mass is 35.5. The van der Waals surface area contributed by atoms with E-state index in [2.05, 4.69) is 22.0 Å². The Balaban J connectivity index is 1.46. The van der Waals surface area contributed by atoms with Crippen LogP contribution in [0.4, 0.5) is 10.5 Å². The fraction of sp³-hybridized carbons (Fsp3) is 0.346. The van der Waals surface area contributed by atoms with Gasteiger partial charge in [0.2, 0.25) is 5.91 Å². The maximum absolute atomic E-state index is 13.8. The lowest BCUT2D eigenvalue weighted by atomic mass is 9.59. The van der Waals surface area contributed by atoms with Gasteiger partial charge < -0.3 is 19.9 Å². The number of anilines is 1. The van der Waals surface area contributed by atoms with Crippen molar-refractivity contribution in [2.75, 3.05) is 11.4 Å². The molecule has 174 valence electrons. The lowest BCUT2D eigenvalue weighted by molar-refractivity contribution is -0.128. The Kier molecular flexibility index (Phi) is 5.70. The molecule has 1 saturated carbocycles. The van der Waals surface area contributed by atoms with E-state index in [-0.39, 0.29) is 11.8 Å². The zero-order valence-electron chi connectivity index (χ0n) is 18.6. The summed E-state index contributed by atoms with van der Waals surface area (Å²) in [5, 5.41) is 22.0. The Morgan fingerprint density at radius 2 is 2.03 bits per heavy atom. The normalized spacial score (nSPS) is 20.9. The summed E-state index contributed by atoms with van der Waals surface area (Å²) >= 11 is 6.23. The van der Waals surface area contributed by atoms with Gasteiger partial charge in [-0.05, 0) is 61.1 Å². The van der Waals surface area contributed by atoms with E-state index >= 15 is 0 Å².